The van der Waals surface area contributed by atoms with E-state index in [4.69, 9.17) is 4.42 Å². The van der Waals surface area contributed by atoms with Crippen molar-refractivity contribution in [3.05, 3.63) is 150 Å². The maximum absolute atomic E-state index is 6.02. The molecule has 45 heavy (non-hydrogen) atoms. The molecule has 8 aromatic rings. The fraction of sp³-hybridized carbons (Fsp3) is 0.136. The summed E-state index contributed by atoms with van der Waals surface area (Å²) in [7, 11) is 0. The molecule has 1 aromatic heterocycles. The van der Waals surface area contributed by atoms with Crippen LogP contribution < -0.4 is 0 Å². The molecule has 0 aliphatic heterocycles. The van der Waals surface area contributed by atoms with E-state index in [2.05, 4.69) is 162 Å². The van der Waals surface area contributed by atoms with Gasteiger partial charge in [0.15, 0.2) is 0 Å². The maximum Gasteiger partial charge on any atom is 0.143 e. The Morgan fingerprint density at radius 2 is 1.24 bits per heavy atom. The van der Waals surface area contributed by atoms with Gasteiger partial charge in [0.2, 0.25) is 0 Å². The summed E-state index contributed by atoms with van der Waals surface area (Å²) in [5, 5.41) is 12.9. The van der Waals surface area contributed by atoms with Gasteiger partial charge in [0.1, 0.15) is 11.2 Å². The number of aryl methyl sites for hydroxylation is 2. The summed E-state index contributed by atoms with van der Waals surface area (Å²) in [6.45, 7) is 11.0. The van der Waals surface area contributed by atoms with Gasteiger partial charge in [-0.3, -0.25) is 0 Å². The Morgan fingerprint density at radius 3 is 1.96 bits per heavy atom. The van der Waals surface area contributed by atoms with E-state index in [1.54, 1.807) is 0 Å². The molecule has 0 fully saturated rings. The Morgan fingerprint density at radius 1 is 0.622 bits per heavy atom. The van der Waals surface area contributed by atoms with Crippen LogP contribution in [0.15, 0.2) is 137 Å². The molecule has 0 N–H and O–H groups in total. The first-order valence-electron chi connectivity index (χ1n) is 16.0. The lowest BCUT2D eigenvalue weighted by Crippen LogP contribution is -1.95. The summed E-state index contributed by atoms with van der Waals surface area (Å²) < 4.78 is 6.02. The van der Waals surface area contributed by atoms with E-state index >= 15 is 0 Å². The lowest BCUT2D eigenvalue weighted by Gasteiger charge is -2.19. The van der Waals surface area contributed by atoms with Crippen LogP contribution in [0.3, 0.4) is 0 Å². The highest BCUT2D eigenvalue weighted by atomic mass is 16.3. The molecule has 0 atom stereocenters. The first-order chi connectivity index (χ1) is 22.0. The van der Waals surface area contributed by atoms with Gasteiger partial charge >= 0.3 is 0 Å². The fourth-order valence-electron chi connectivity index (χ4n) is 6.89. The number of hydrogen-bond acceptors (Lipinski definition) is 1. The summed E-state index contributed by atoms with van der Waals surface area (Å²) in [6.07, 6.45) is 5.50. The number of furan rings is 1. The monoisotopic (exact) mass is 582 g/mol. The Hall–Kier alpha value is -5.14. The molecule has 0 saturated carbocycles. The van der Waals surface area contributed by atoms with Crippen molar-refractivity contribution in [2.45, 2.75) is 41.0 Å². The van der Waals surface area contributed by atoms with Crippen LogP contribution in [0, 0.1) is 13.8 Å². The van der Waals surface area contributed by atoms with Gasteiger partial charge < -0.3 is 4.42 Å². The van der Waals surface area contributed by atoms with Gasteiger partial charge in [-0.1, -0.05) is 127 Å². The Balaban J connectivity index is 0.000000156. The van der Waals surface area contributed by atoms with E-state index in [0.717, 1.165) is 17.6 Å². The predicted octanol–water partition coefficient (Wildman–Crippen LogP) is 13.3. The maximum atomic E-state index is 6.02. The topological polar surface area (TPSA) is 13.1 Å². The van der Waals surface area contributed by atoms with Gasteiger partial charge in [0.25, 0.3) is 0 Å². The van der Waals surface area contributed by atoms with Crippen LogP contribution in [0.5, 0.6) is 0 Å². The fourth-order valence-corrected chi connectivity index (χ4v) is 6.89. The van der Waals surface area contributed by atoms with E-state index in [0.29, 0.717) is 0 Å². The number of allylic oxidation sites excluding steroid dienone is 4. The van der Waals surface area contributed by atoms with Gasteiger partial charge in [-0.05, 0) is 107 Å². The van der Waals surface area contributed by atoms with Crippen LogP contribution in [0.25, 0.3) is 70.6 Å². The zero-order valence-electron chi connectivity index (χ0n) is 26.7. The van der Waals surface area contributed by atoms with E-state index < -0.39 is 0 Å². The number of hydrogen-bond donors (Lipinski definition) is 0. The molecule has 0 spiro atoms. The van der Waals surface area contributed by atoms with Crippen molar-refractivity contribution in [1.82, 2.24) is 0 Å². The average molecular weight is 583 g/mol. The molecule has 0 aliphatic carbocycles. The molecular formula is C44H38O. The molecule has 1 nitrogen and oxygen atoms in total. The first kappa shape index (κ1) is 28.6. The van der Waals surface area contributed by atoms with E-state index in [9.17, 15) is 0 Å². The molecule has 0 amide bonds. The molecule has 0 radical (unpaired) electrons. The summed E-state index contributed by atoms with van der Waals surface area (Å²) in [4.78, 5) is 0. The van der Waals surface area contributed by atoms with Gasteiger partial charge in [-0.2, -0.15) is 0 Å². The molecule has 220 valence electrons. The molecule has 0 aliphatic rings. The second kappa shape index (κ2) is 11.7. The molecule has 1 heteroatoms. The highest BCUT2D eigenvalue weighted by Crippen LogP contribution is 2.41. The Bertz CT molecular complexity index is 2450. The summed E-state index contributed by atoms with van der Waals surface area (Å²) in [6, 6.07) is 41.2. The molecule has 8 rings (SSSR count). The van der Waals surface area contributed by atoms with Crippen molar-refractivity contribution in [3.8, 4) is 0 Å². The first-order valence-corrected chi connectivity index (χ1v) is 16.0. The van der Waals surface area contributed by atoms with Crippen molar-refractivity contribution in [2.24, 2.45) is 0 Å². The van der Waals surface area contributed by atoms with Crippen molar-refractivity contribution in [3.63, 3.8) is 0 Å². The van der Waals surface area contributed by atoms with E-state index in [1.807, 2.05) is 0 Å². The molecule has 0 unspecified atom stereocenters. The van der Waals surface area contributed by atoms with Crippen molar-refractivity contribution >= 4 is 70.6 Å². The minimum absolute atomic E-state index is 0.965. The summed E-state index contributed by atoms with van der Waals surface area (Å²) in [5.41, 5.74) is 8.77. The van der Waals surface area contributed by atoms with Crippen molar-refractivity contribution in [1.29, 1.82) is 0 Å². The smallest absolute Gasteiger partial charge is 0.143 e. The second-order valence-electron chi connectivity index (χ2n) is 12.1. The van der Waals surface area contributed by atoms with Gasteiger partial charge in [-0.15, -0.1) is 0 Å². The predicted molar refractivity (Wildman–Crippen MR) is 197 cm³/mol. The minimum Gasteiger partial charge on any atom is -0.455 e. The standard InChI is InChI=1S/C27H26.C17H12O/c1-5-11-21(18(3)6-2)26-19(4)22-17-16-20-12-7-8-13-23(20)27(22)25-15-10-9-14-24(25)26;1-11-6-9-16-15(10-11)14-8-7-12-4-2-3-5-13(12)17(14)18-16/h5,7-17H,6H2,1-4H3;2-10H,1H3/b11-5-,21-18+;. The van der Waals surface area contributed by atoms with E-state index in [-0.39, 0.29) is 0 Å². The van der Waals surface area contributed by atoms with Gasteiger partial charge in [0, 0.05) is 16.2 Å². The molecule has 1 heterocycles. The van der Waals surface area contributed by atoms with Gasteiger partial charge in [0.05, 0.1) is 0 Å². The third kappa shape index (κ3) is 4.89. The van der Waals surface area contributed by atoms with Crippen molar-refractivity contribution in [2.75, 3.05) is 0 Å². The molecule has 0 saturated heterocycles. The van der Waals surface area contributed by atoms with Crippen molar-refractivity contribution < 1.29 is 4.42 Å². The minimum atomic E-state index is 0.965. The summed E-state index contributed by atoms with van der Waals surface area (Å²) in [5.74, 6) is 0. The quantitative estimate of drug-likeness (QED) is 0.149. The number of benzene rings is 7. The molecular weight excluding hydrogens is 544 g/mol. The third-order valence-electron chi connectivity index (χ3n) is 9.28. The van der Waals surface area contributed by atoms with Crippen LogP contribution in [-0.2, 0) is 0 Å². The van der Waals surface area contributed by atoms with Crippen LogP contribution >= 0.6 is 0 Å². The van der Waals surface area contributed by atoms with Crippen LogP contribution in [0.2, 0.25) is 0 Å². The van der Waals surface area contributed by atoms with E-state index in [1.165, 1.54) is 81.7 Å². The number of rotatable bonds is 3. The Labute approximate surface area is 265 Å². The highest BCUT2D eigenvalue weighted by Gasteiger charge is 2.16. The van der Waals surface area contributed by atoms with Crippen LogP contribution in [0.1, 0.15) is 43.9 Å². The van der Waals surface area contributed by atoms with Crippen LogP contribution in [-0.4, -0.2) is 0 Å². The zero-order chi connectivity index (χ0) is 31.1. The molecule has 0 bridgehead atoms. The lowest BCUT2D eigenvalue weighted by molar-refractivity contribution is 0.672. The normalized spacial score (nSPS) is 12.5. The summed E-state index contributed by atoms with van der Waals surface area (Å²) >= 11 is 0. The highest BCUT2D eigenvalue weighted by molar-refractivity contribution is 6.23. The SMILES string of the molecule is C/C=C\C(=C(\C)CC)c1c(C)c2ccc3ccccc3c2c2ccccc12.Cc1ccc2oc3c4ccccc4ccc3c2c1. The zero-order valence-corrected chi connectivity index (χ0v) is 26.7. The largest absolute Gasteiger partial charge is 0.455 e. The van der Waals surface area contributed by atoms with Gasteiger partial charge in [-0.25, -0.2) is 0 Å². The Kier molecular flexibility index (Phi) is 7.47. The second-order valence-corrected chi connectivity index (χ2v) is 12.1. The molecule has 7 aromatic carbocycles. The average Bonchev–Trinajstić information content (AvgIpc) is 3.46. The third-order valence-corrected chi connectivity index (χ3v) is 9.28. The van der Waals surface area contributed by atoms with Crippen LogP contribution in [0.4, 0.5) is 0 Å². The number of fused-ring (bicyclic) bond motifs is 10. The lowest BCUT2D eigenvalue weighted by atomic mass is 9.85.